The zero-order chi connectivity index (χ0) is 20.0. The second-order valence-electron chi connectivity index (χ2n) is 7.05. The van der Waals surface area contributed by atoms with Gasteiger partial charge >= 0.3 is 5.97 Å². The number of rotatable bonds is 14. The van der Waals surface area contributed by atoms with E-state index in [-0.39, 0.29) is 6.61 Å². The average molecular weight is 385 g/mol. The van der Waals surface area contributed by atoms with E-state index in [9.17, 15) is 4.79 Å². The summed E-state index contributed by atoms with van der Waals surface area (Å²) in [6, 6.07) is 15.5. The van der Waals surface area contributed by atoms with Crippen LogP contribution in [0.4, 0.5) is 0 Å². The molecular weight excluding hydrogens is 352 g/mol. The van der Waals surface area contributed by atoms with Crippen LogP contribution >= 0.6 is 0 Å². The Kier molecular flexibility index (Phi) is 9.98. The molecule has 4 nitrogen and oxygen atoms in total. The molecule has 0 aliphatic rings. The van der Waals surface area contributed by atoms with E-state index in [0.29, 0.717) is 5.75 Å². The zero-order valence-electron chi connectivity index (χ0n) is 16.9. The lowest BCUT2D eigenvalue weighted by molar-refractivity contribution is -0.139. The molecule has 0 saturated carbocycles. The van der Waals surface area contributed by atoms with E-state index in [1.165, 1.54) is 44.9 Å². The van der Waals surface area contributed by atoms with Crippen molar-refractivity contribution in [2.24, 2.45) is 0 Å². The molecule has 2 rings (SSSR count). The van der Waals surface area contributed by atoms with Crippen LogP contribution in [0.3, 0.4) is 0 Å². The van der Waals surface area contributed by atoms with Gasteiger partial charge in [0.15, 0.2) is 6.61 Å². The minimum Gasteiger partial charge on any atom is -0.494 e. The molecule has 0 amide bonds. The van der Waals surface area contributed by atoms with Crippen LogP contribution in [0.15, 0.2) is 48.5 Å². The Balaban J connectivity index is 1.68. The van der Waals surface area contributed by atoms with Gasteiger partial charge in [0.05, 0.1) is 6.61 Å². The van der Waals surface area contributed by atoms with Gasteiger partial charge in [-0.3, -0.25) is 0 Å². The number of carboxylic acid groups (broad SMARTS) is 1. The van der Waals surface area contributed by atoms with Gasteiger partial charge in [0.25, 0.3) is 0 Å². The van der Waals surface area contributed by atoms with Crippen LogP contribution in [0, 0.1) is 0 Å². The van der Waals surface area contributed by atoms with Gasteiger partial charge in [-0.1, -0.05) is 76.1 Å². The molecule has 0 aromatic heterocycles. The van der Waals surface area contributed by atoms with E-state index >= 15 is 0 Å². The van der Waals surface area contributed by atoms with E-state index < -0.39 is 5.97 Å². The summed E-state index contributed by atoms with van der Waals surface area (Å²) in [5, 5.41) is 8.64. The number of benzene rings is 2. The molecule has 1 N–H and O–H groups in total. The molecule has 0 radical (unpaired) electrons. The molecule has 0 saturated heterocycles. The Morgan fingerprint density at radius 1 is 0.714 bits per heavy atom. The van der Waals surface area contributed by atoms with Crippen molar-refractivity contribution in [1.29, 1.82) is 0 Å². The van der Waals surface area contributed by atoms with E-state index in [2.05, 4.69) is 6.92 Å². The fourth-order valence-corrected chi connectivity index (χ4v) is 3.06. The summed E-state index contributed by atoms with van der Waals surface area (Å²) in [7, 11) is 0. The minimum atomic E-state index is -0.980. The van der Waals surface area contributed by atoms with Gasteiger partial charge in [0.2, 0.25) is 0 Å². The summed E-state index contributed by atoms with van der Waals surface area (Å²) in [5.74, 6) is 0.469. The molecule has 0 fully saturated rings. The lowest BCUT2D eigenvalue weighted by atomic mass is 10.1. The summed E-state index contributed by atoms with van der Waals surface area (Å²) < 4.78 is 11.0. The van der Waals surface area contributed by atoms with Crippen molar-refractivity contribution >= 4 is 5.97 Å². The fourth-order valence-electron chi connectivity index (χ4n) is 3.06. The largest absolute Gasteiger partial charge is 0.494 e. The van der Waals surface area contributed by atoms with E-state index in [1.54, 1.807) is 12.1 Å². The van der Waals surface area contributed by atoms with Gasteiger partial charge in [-0.15, -0.1) is 0 Å². The van der Waals surface area contributed by atoms with Crippen molar-refractivity contribution in [1.82, 2.24) is 0 Å². The lowest BCUT2D eigenvalue weighted by Gasteiger charge is -2.08. The van der Waals surface area contributed by atoms with Crippen LogP contribution in [-0.4, -0.2) is 24.3 Å². The predicted octanol–water partition coefficient (Wildman–Crippen LogP) is 6.34. The Hall–Kier alpha value is -2.49. The molecule has 0 heterocycles. The SMILES string of the molecule is CCCCCCCCCCOc1ccc(-c2ccc(OCC(=O)O)cc2)cc1. The molecule has 0 aliphatic heterocycles. The summed E-state index contributed by atoms with van der Waals surface area (Å²) >= 11 is 0. The second-order valence-corrected chi connectivity index (χ2v) is 7.05. The smallest absolute Gasteiger partial charge is 0.341 e. The van der Waals surface area contributed by atoms with Crippen LogP contribution in [0.5, 0.6) is 11.5 Å². The van der Waals surface area contributed by atoms with Crippen LogP contribution in [-0.2, 0) is 4.79 Å². The number of unbranched alkanes of at least 4 members (excludes halogenated alkanes) is 7. The molecule has 2 aromatic carbocycles. The van der Waals surface area contributed by atoms with E-state index in [1.807, 2.05) is 36.4 Å². The van der Waals surface area contributed by atoms with Gasteiger partial charge < -0.3 is 14.6 Å². The average Bonchev–Trinajstić information content (AvgIpc) is 2.72. The van der Waals surface area contributed by atoms with Crippen LogP contribution in [0.1, 0.15) is 58.3 Å². The summed E-state index contributed by atoms with van der Waals surface area (Å²) in [5.41, 5.74) is 2.14. The molecule has 0 bridgehead atoms. The maximum atomic E-state index is 10.5. The minimum absolute atomic E-state index is 0.329. The van der Waals surface area contributed by atoms with Crippen molar-refractivity contribution < 1.29 is 19.4 Å². The number of aliphatic carboxylic acids is 1. The quantitative estimate of drug-likeness (QED) is 0.386. The van der Waals surface area contributed by atoms with Crippen molar-refractivity contribution in [3.8, 4) is 22.6 Å². The maximum absolute atomic E-state index is 10.5. The van der Waals surface area contributed by atoms with Gasteiger partial charge in [0.1, 0.15) is 11.5 Å². The van der Waals surface area contributed by atoms with Crippen molar-refractivity contribution in [2.75, 3.05) is 13.2 Å². The number of hydrogen-bond acceptors (Lipinski definition) is 3. The van der Waals surface area contributed by atoms with Crippen molar-refractivity contribution in [3.05, 3.63) is 48.5 Å². The molecule has 2 aromatic rings. The van der Waals surface area contributed by atoms with E-state index in [0.717, 1.165) is 29.9 Å². The highest BCUT2D eigenvalue weighted by Crippen LogP contribution is 2.24. The highest BCUT2D eigenvalue weighted by atomic mass is 16.5. The Morgan fingerprint density at radius 3 is 1.68 bits per heavy atom. The third-order valence-electron chi connectivity index (χ3n) is 4.67. The molecule has 0 atom stereocenters. The first-order valence-electron chi connectivity index (χ1n) is 10.4. The first-order chi connectivity index (χ1) is 13.7. The summed E-state index contributed by atoms with van der Waals surface area (Å²) in [6.07, 6.45) is 10.4. The van der Waals surface area contributed by atoms with Gasteiger partial charge in [0, 0.05) is 0 Å². The number of carboxylic acids is 1. The van der Waals surface area contributed by atoms with Crippen LogP contribution < -0.4 is 9.47 Å². The van der Waals surface area contributed by atoms with Crippen molar-refractivity contribution in [3.63, 3.8) is 0 Å². The maximum Gasteiger partial charge on any atom is 0.341 e. The number of hydrogen-bond donors (Lipinski definition) is 1. The number of carbonyl (C=O) groups is 1. The highest BCUT2D eigenvalue weighted by molar-refractivity contribution is 5.69. The molecule has 152 valence electrons. The Labute approximate surface area is 168 Å². The van der Waals surface area contributed by atoms with Crippen molar-refractivity contribution in [2.45, 2.75) is 58.3 Å². The van der Waals surface area contributed by atoms with E-state index in [4.69, 9.17) is 14.6 Å². The summed E-state index contributed by atoms with van der Waals surface area (Å²) in [4.78, 5) is 10.5. The monoisotopic (exact) mass is 384 g/mol. The molecule has 28 heavy (non-hydrogen) atoms. The predicted molar refractivity (Wildman–Crippen MR) is 113 cm³/mol. The zero-order valence-corrected chi connectivity index (χ0v) is 16.9. The Morgan fingerprint density at radius 2 is 1.18 bits per heavy atom. The fraction of sp³-hybridized carbons (Fsp3) is 0.458. The molecule has 0 unspecified atom stereocenters. The lowest BCUT2D eigenvalue weighted by Crippen LogP contribution is -2.09. The Bertz CT molecular complexity index is 677. The number of ether oxygens (including phenoxy) is 2. The topological polar surface area (TPSA) is 55.8 Å². The highest BCUT2D eigenvalue weighted by Gasteiger charge is 2.02. The second kappa shape index (κ2) is 12.8. The molecule has 0 spiro atoms. The summed E-state index contributed by atoms with van der Waals surface area (Å²) in [6.45, 7) is 2.69. The van der Waals surface area contributed by atoms with Gasteiger partial charge in [-0.25, -0.2) is 4.79 Å². The van der Waals surface area contributed by atoms with Gasteiger partial charge in [-0.05, 0) is 41.8 Å². The normalized spacial score (nSPS) is 10.6. The third kappa shape index (κ3) is 8.47. The third-order valence-corrected chi connectivity index (χ3v) is 4.67. The van der Waals surface area contributed by atoms with Crippen LogP contribution in [0.2, 0.25) is 0 Å². The molecular formula is C24H32O4. The first kappa shape index (κ1) is 21.8. The van der Waals surface area contributed by atoms with Gasteiger partial charge in [-0.2, -0.15) is 0 Å². The molecule has 4 heteroatoms. The van der Waals surface area contributed by atoms with Crippen LogP contribution in [0.25, 0.3) is 11.1 Å². The molecule has 0 aliphatic carbocycles. The standard InChI is InChI=1S/C24H32O4/c1-2-3-4-5-6-7-8-9-18-27-22-14-10-20(11-15-22)21-12-16-23(17-13-21)28-19-24(25)26/h10-17H,2-9,18-19H2,1H3,(H,25,26). The first-order valence-corrected chi connectivity index (χ1v) is 10.4.